The van der Waals surface area contributed by atoms with Gasteiger partial charge in [-0.3, -0.25) is 9.38 Å². The fraction of sp³-hybridized carbons (Fsp3) is 0.312. The van der Waals surface area contributed by atoms with Gasteiger partial charge in [0, 0.05) is 18.7 Å². The van der Waals surface area contributed by atoms with E-state index in [0.29, 0.717) is 5.69 Å². The summed E-state index contributed by atoms with van der Waals surface area (Å²) >= 11 is 0. The van der Waals surface area contributed by atoms with Gasteiger partial charge in [-0.1, -0.05) is 0 Å². The van der Waals surface area contributed by atoms with Gasteiger partial charge >= 0.3 is 5.92 Å². The highest BCUT2D eigenvalue weighted by Gasteiger charge is 2.31. The van der Waals surface area contributed by atoms with Crippen LogP contribution in [0.5, 0.6) is 5.75 Å². The molecule has 0 unspecified atom stereocenters. The average molecular weight is 318 g/mol. The SMILES string of the molecule is CC(C)Oc1ccc(-c2cn3c(C(C)(F)F)nnc3cn2)cc1. The normalized spacial score (nSPS) is 12.1. The number of aromatic nitrogens is 4. The van der Waals surface area contributed by atoms with E-state index in [2.05, 4.69) is 15.2 Å². The van der Waals surface area contributed by atoms with Crippen LogP contribution in [0.15, 0.2) is 36.7 Å². The number of hydrogen-bond donors (Lipinski definition) is 0. The quantitative estimate of drug-likeness (QED) is 0.736. The molecule has 7 heteroatoms. The second-order valence-corrected chi connectivity index (χ2v) is 5.60. The number of nitrogens with zero attached hydrogens (tertiary/aromatic N) is 4. The van der Waals surface area contributed by atoms with Crippen molar-refractivity contribution in [1.29, 1.82) is 0 Å². The van der Waals surface area contributed by atoms with E-state index in [1.165, 1.54) is 16.8 Å². The van der Waals surface area contributed by atoms with Gasteiger partial charge in [-0.05, 0) is 38.1 Å². The fourth-order valence-electron chi connectivity index (χ4n) is 2.23. The van der Waals surface area contributed by atoms with E-state index in [1.807, 2.05) is 38.1 Å². The molecule has 1 aromatic carbocycles. The molecule has 0 spiro atoms. The van der Waals surface area contributed by atoms with Gasteiger partial charge in [-0.15, -0.1) is 10.2 Å². The van der Waals surface area contributed by atoms with Crippen LogP contribution in [0.3, 0.4) is 0 Å². The zero-order valence-corrected chi connectivity index (χ0v) is 13.0. The summed E-state index contributed by atoms with van der Waals surface area (Å²) in [6, 6.07) is 7.31. The predicted molar refractivity (Wildman–Crippen MR) is 81.6 cm³/mol. The molecule has 0 saturated heterocycles. The third kappa shape index (κ3) is 3.13. The average Bonchev–Trinajstić information content (AvgIpc) is 2.90. The number of fused-ring (bicyclic) bond motifs is 1. The van der Waals surface area contributed by atoms with E-state index < -0.39 is 11.7 Å². The van der Waals surface area contributed by atoms with Crippen LogP contribution in [0.2, 0.25) is 0 Å². The Hall–Kier alpha value is -2.57. The first-order chi connectivity index (χ1) is 10.8. The first-order valence-electron chi connectivity index (χ1n) is 7.21. The zero-order valence-electron chi connectivity index (χ0n) is 13.0. The lowest BCUT2D eigenvalue weighted by molar-refractivity contribution is 0.00668. The van der Waals surface area contributed by atoms with Crippen LogP contribution in [0, 0.1) is 0 Å². The van der Waals surface area contributed by atoms with Crippen LogP contribution < -0.4 is 4.74 Å². The molecule has 120 valence electrons. The zero-order chi connectivity index (χ0) is 16.6. The van der Waals surface area contributed by atoms with Gasteiger partial charge < -0.3 is 4.74 Å². The maximum absolute atomic E-state index is 13.6. The molecule has 3 aromatic rings. The first kappa shape index (κ1) is 15.3. The van der Waals surface area contributed by atoms with Crippen molar-refractivity contribution in [3.8, 4) is 17.0 Å². The third-order valence-electron chi connectivity index (χ3n) is 3.21. The molecule has 5 nitrogen and oxygen atoms in total. The lowest BCUT2D eigenvalue weighted by atomic mass is 10.1. The molecule has 3 rings (SSSR count). The molecule has 0 N–H and O–H groups in total. The van der Waals surface area contributed by atoms with E-state index in [-0.39, 0.29) is 11.8 Å². The van der Waals surface area contributed by atoms with Gasteiger partial charge in [0.15, 0.2) is 5.65 Å². The Labute approximate surface area is 132 Å². The summed E-state index contributed by atoms with van der Waals surface area (Å²) in [5, 5.41) is 7.27. The maximum Gasteiger partial charge on any atom is 0.304 e. The molecule has 0 aliphatic heterocycles. The molecule has 0 atom stereocenters. The molecule has 0 amide bonds. The highest BCUT2D eigenvalue weighted by atomic mass is 19.3. The molecular weight excluding hydrogens is 302 g/mol. The number of alkyl halides is 2. The number of rotatable bonds is 4. The summed E-state index contributed by atoms with van der Waals surface area (Å²) < 4.78 is 34.0. The van der Waals surface area contributed by atoms with Gasteiger partial charge in [0.2, 0.25) is 5.82 Å². The topological polar surface area (TPSA) is 52.3 Å². The minimum atomic E-state index is -3.08. The third-order valence-corrected chi connectivity index (χ3v) is 3.21. The number of benzene rings is 1. The minimum Gasteiger partial charge on any atom is -0.491 e. The van der Waals surface area contributed by atoms with Crippen LogP contribution >= 0.6 is 0 Å². The van der Waals surface area contributed by atoms with Crippen molar-refractivity contribution in [3.05, 3.63) is 42.5 Å². The Bertz CT molecular complexity index is 822. The van der Waals surface area contributed by atoms with Crippen molar-refractivity contribution in [2.45, 2.75) is 32.8 Å². The van der Waals surface area contributed by atoms with Crippen LogP contribution in [-0.4, -0.2) is 25.7 Å². The molecule has 2 heterocycles. The molecule has 0 aliphatic rings. The van der Waals surface area contributed by atoms with Crippen LogP contribution in [0.1, 0.15) is 26.6 Å². The Morgan fingerprint density at radius 3 is 2.43 bits per heavy atom. The molecule has 0 radical (unpaired) electrons. The van der Waals surface area contributed by atoms with Gasteiger partial charge in [0.05, 0.1) is 18.0 Å². The molecule has 0 aliphatic carbocycles. The van der Waals surface area contributed by atoms with E-state index in [0.717, 1.165) is 18.2 Å². The summed E-state index contributed by atoms with van der Waals surface area (Å²) in [4.78, 5) is 4.25. The van der Waals surface area contributed by atoms with Crippen LogP contribution in [0.25, 0.3) is 16.9 Å². The second-order valence-electron chi connectivity index (χ2n) is 5.60. The summed E-state index contributed by atoms with van der Waals surface area (Å²) in [5.41, 5.74) is 1.63. The summed E-state index contributed by atoms with van der Waals surface area (Å²) in [6.07, 6.45) is 3.03. The van der Waals surface area contributed by atoms with Crippen molar-refractivity contribution in [2.75, 3.05) is 0 Å². The van der Waals surface area contributed by atoms with Crippen LogP contribution in [0.4, 0.5) is 8.78 Å². The summed E-state index contributed by atoms with van der Waals surface area (Å²) in [7, 11) is 0. The van der Waals surface area contributed by atoms with Crippen molar-refractivity contribution in [1.82, 2.24) is 19.6 Å². The van der Waals surface area contributed by atoms with Crippen molar-refractivity contribution < 1.29 is 13.5 Å². The van der Waals surface area contributed by atoms with Crippen LogP contribution in [-0.2, 0) is 5.92 Å². The maximum atomic E-state index is 13.6. The number of halogens is 2. The van der Waals surface area contributed by atoms with E-state index in [9.17, 15) is 8.78 Å². The van der Waals surface area contributed by atoms with Crippen molar-refractivity contribution >= 4 is 5.65 Å². The Balaban J connectivity index is 2.00. The Morgan fingerprint density at radius 2 is 1.83 bits per heavy atom. The van der Waals surface area contributed by atoms with Gasteiger partial charge in [-0.25, -0.2) is 0 Å². The predicted octanol–water partition coefficient (Wildman–Crippen LogP) is 3.69. The van der Waals surface area contributed by atoms with Crippen molar-refractivity contribution in [2.24, 2.45) is 0 Å². The largest absolute Gasteiger partial charge is 0.491 e. The molecule has 23 heavy (non-hydrogen) atoms. The molecule has 0 bridgehead atoms. The standard InChI is InChI=1S/C16H16F2N4O/c1-10(2)23-12-6-4-11(5-7-12)13-9-22-14(8-19-13)20-21-15(22)16(3,17)18/h4-10H,1-3H3. The number of hydrogen-bond acceptors (Lipinski definition) is 4. The molecule has 0 fully saturated rings. The summed E-state index contributed by atoms with van der Waals surface area (Å²) in [6.45, 7) is 4.69. The van der Waals surface area contributed by atoms with E-state index in [1.54, 1.807) is 0 Å². The monoisotopic (exact) mass is 318 g/mol. The van der Waals surface area contributed by atoms with E-state index in [4.69, 9.17) is 4.74 Å². The molecular formula is C16H16F2N4O. The highest BCUT2D eigenvalue weighted by molar-refractivity contribution is 5.60. The lowest BCUT2D eigenvalue weighted by Crippen LogP contribution is -2.12. The highest BCUT2D eigenvalue weighted by Crippen LogP contribution is 2.27. The fourth-order valence-corrected chi connectivity index (χ4v) is 2.23. The molecule has 2 aromatic heterocycles. The lowest BCUT2D eigenvalue weighted by Gasteiger charge is -2.10. The minimum absolute atomic E-state index is 0.0849. The Kier molecular flexibility index (Phi) is 3.71. The molecule has 0 saturated carbocycles. The van der Waals surface area contributed by atoms with E-state index >= 15 is 0 Å². The van der Waals surface area contributed by atoms with Gasteiger partial charge in [0.1, 0.15) is 5.75 Å². The second kappa shape index (κ2) is 5.57. The first-order valence-corrected chi connectivity index (χ1v) is 7.21. The van der Waals surface area contributed by atoms with Gasteiger partial charge in [0.25, 0.3) is 0 Å². The van der Waals surface area contributed by atoms with Gasteiger partial charge in [-0.2, -0.15) is 8.78 Å². The smallest absolute Gasteiger partial charge is 0.304 e. The summed E-state index contributed by atoms with van der Waals surface area (Å²) in [5.74, 6) is -2.74. The Morgan fingerprint density at radius 1 is 1.13 bits per heavy atom. The van der Waals surface area contributed by atoms with Crippen molar-refractivity contribution in [3.63, 3.8) is 0 Å². The number of ether oxygens (including phenoxy) is 1.